The molecule has 2 atom stereocenters. The number of β-amino-alcohol motifs (C(OH)–C–C–N with tert-alkyl or cyclic N) is 1. The number of esters is 1. The molecule has 1 saturated heterocycles. The Kier molecular flexibility index (Phi) is 9.77. The zero-order valence-electron chi connectivity index (χ0n) is 19.7. The van der Waals surface area contributed by atoms with Crippen LogP contribution in [0.1, 0.15) is 42.1 Å². The van der Waals surface area contributed by atoms with Crippen LogP contribution < -0.4 is 20.1 Å². The number of amides is 1. The van der Waals surface area contributed by atoms with Gasteiger partial charge in [0.1, 0.15) is 0 Å². The third-order valence-electron chi connectivity index (χ3n) is 6.07. The summed E-state index contributed by atoms with van der Waals surface area (Å²) in [6.45, 7) is 8.87. The summed E-state index contributed by atoms with van der Waals surface area (Å²) in [6, 6.07) is 3.64. The Balaban J connectivity index is 1.41. The molecule has 2 heterocycles. The molecule has 2 aliphatic rings. The van der Waals surface area contributed by atoms with Crippen LogP contribution in [0, 0.1) is 12.8 Å². The minimum Gasteiger partial charge on any atom is -0.489 e. The molecular weight excluding hydrogens is 426 g/mol. The normalized spacial score (nSPS) is 20.7. The van der Waals surface area contributed by atoms with E-state index in [4.69, 9.17) is 14.2 Å². The van der Waals surface area contributed by atoms with Crippen LogP contribution in [-0.4, -0.2) is 87.1 Å². The lowest BCUT2D eigenvalue weighted by Crippen LogP contribution is -2.48. The predicted molar refractivity (Wildman–Crippen MR) is 124 cm³/mol. The summed E-state index contributed by atoms with van der Waals surface area (Å²) >= 11 is 0. The molecule has 9 nitrogen and oxygen atoms in total. The van der Waals surface area contributed by atoms with Gasteiger partial charge in [0, 0.05) is 25.4 Å². The monoisotopic (exact) mass is 463 g/mol. The van der Waals surface area contributed by atoms with E-state index in [1.54, 1.807) is 13.0 Å². The van der Waals surface area contributed by atoms with Crippen molar-refractivity contribution in [3.8, 4) is 11.5 Å². The van der Waals surface area contributed by atoms with Crippen LogP contribution in [0.5, 0.6) is 11.5 Å². The molecule has 0 radical (unpaired) electrons. The number of aliphatic hydroxyl groups excluding tert-OH is 1. The van der Waals surface area contributed by atoms with Crippen LogP contribution in [0.15, 0.2) is 12.1 Å². The lowest BCUT2D eigenvalue weighted by atomic mass is 9.93. The number of likely N-dealkylation sites (tertiary alicyclic amines) is 1. The highest BCUT2D eigenvalue weighted by atomic mass is 16.5. The van der Waals surface area contributed by atoms with E-state index in [1.807, 2.05) is 13.0 Å². The standard InChI is InChI=1S/C24H37N3O6/c1-3-31-21(29)15-25-9-4-10-27-11-8-18(20(28)16-27)14-26-24(30)19-7-6-17(2)22-23(19)33-13-5-12-32-22/h6-7,18,20,25,28H,3-5,8-16H2,1-2H3,(H,26,30)/t18-,20+/m0/s1. The molecule has 1 fully saturated rings. The molecule has 1 aromatic carbocycles. The Hall–Kier alpha value is -2.36. The molecule has 0 spiro atoms. The van der Waals surface area contributed by atoms with E-state index in [0.717, 1.165) is 44.5 Å². The van der Waals surface area contributed by atoms with Crippen molar-refractivity contribution in [2.75, 3.05) is 59.1 Å². The molecule has 3 rings (SSSR count). The maximum Gasteiger partial charge on any atom is 0.319 e. The molecule has 0 aliphatic carbocycles. The van der Waals surface area contributed by atoms with Crippen molar-refractivity contribution in [1.82, 2.24) is 15.5 Å². The van der Waals surface area contributed by atoms with E-state index in [2.05, 4.69) is 15.5 Å². The van der Waals surface area contributed by atoms with Crippen LogP contribution in [0.4, 0.5) is 0 Å². The van der Waals surface area contributed by atoms with Gasteiger partial charge in [-0.1, -0.05) is 6.07 Å². The fourth-order valence-electron chi connectivity index (χ4n) is 4.21. The quantitative estimate of drug-likeness (QED) is 0.350. The van der Waals surface area contributed by atoms with Crippen LogP contribution >= 0.6 is 0 Å². The molecular formula is C24H37N3O6. The van der Waals surface area contributed by atoms with Gasteiger partial charge in [-0.15, -0.1) is 0 Å². The summed E-state index contributed by atoms with van der Waals surface area (Å²) in [6.07, 6.45) is 1.97. The second-order valence-corrected chi connectivity index (χ2v) is 8.60. The molecule has 184 valence electrons. The Labute approximate surface area is 195 Å². The Morgan fingerprint density at radius 3 is 2.79 bits per heavy atom. The number of carbonyl (C=O) groups excluding carboxylic acids is 2. The minimum absolute atomic E-state index is 0.00774. The van der Waals surface area contributed by atoms with E-state index < -0.39 is 6.10 Å². The number of aryl methyl sites for hydroxylation is 1. The molecule has 0 saturated carbocycles. The summed E-state index contributed by atoms with van der Waals surface area (Å²) in [5, 5.41) is 16.7. The number of carbonyl (C=O) groups is 2. The van der Waals surface area contributed by atoms with Gasteiger partial charge < -0.3 is 34.9 Å². The minimum atomic E-state index is -0.499. The largest absolute Gasteiger partial charge is 0.489 e. The molecule has 33 heavy (non-hydrogen) atoms. The highest BCUT2D eigenvalue weighted by Gasteiger charge is 2.28. The number of piperidine rings is 1. The number of aliphatic hydroxyl groups is 1. The topological polar surface area (TPSA) is 109 Å². The van der Waals surface area contributed by atoms with Gasteiger partial charge in [-0.3, -0.25) is 9.59 Å². The summed E-state index contributed by atoms with van der Waals surface area (Å²) < 4.78 is 16.5. The van der Waals surface area contributed by atoms with Crippen LogP contribution in [-0.2, 0) is 9.53 Å². The van der Waals surface area contributed by atoms with E-state index >= 15 is 0 Å². The number of nitrogens with zero attached hydrogens (tertiary/aromatic N) is 1. The maximum absolute atomic E-state index is 12.9. The number of ether oxygens (including phenoxy) is 3. The Morgan fingerprint density at radius 2 is 2.03 bits per heavy atom. The van der Waals surface area contributed by atoms with Gasteiger partial charge in [0.15, 0.2) is 11.5 Å². The number of fused-ring (bicyclic) bond motifs is 1. The summed E-state index contributed by atoms with van der Waals surface area (Å²) in [4.78, 5) is 26.4. The number of benzene rings is 1. The van der Waals surface area contributed by atoms with Gasteiger partial charge in [0.05, 0.1) is 38.0 Å². The molecule has 0 unspecified atom stereocenters. The third-order valence-corrected chi connectivity index (χ3v) is 6.07. The van der Waals surface area contributed by atoms with E-state index in [1.165, 1.54) is 0 Å². The Morgan fingerprint density at radius 1 is 1.24 bits per heavy atom. The zero-order chi connectivity index (χ0) is 23.6. The fourth-order valence-corrected chi connectivity index (χ4v) is 4.21. The molecule has 1 aromatic rings. The van der Waals surface area contributed by atoms with Gasteiger partial charge in [0.2, 0.25) is 0 Å². The number of hydrogen-bond donors (Lipinski definition) is 3. The first-order chi connectivity index (χ1) is 16.0. The molecule has 3 N–H and O–H groups in total. The maximum atomic E-state index is 12.9. The second-order valence-electron chi connectivity index (χ2n) is 8.60. The first-order valence-corrected chi connectivity index (χ1v) is 11.9. The van der Waals surface area contributed by atoms with Gasteiger partial charge in [0.25, 0.3) is 5.91 Å². The number of nitrogens with one attached hydrogen (secondary N) is 2. The van der Waals surface area contributed by atoms with Crippen molar-refractivity contribution in [1.29, 1.82) is 0 Å². The van der Waals surface area contributed by atoms with Crippen molar-refractivity contribution >= 4 is 11.9 Å². The second kappa shape index (κ2) is 12.8. The van der Waals surface area contributed by atoms with Crippen molar-refractivity contribution in [2.45, 2.75) is 39.2 Å². The summed E-state index contributed by atoms with van der Waals surface area (Å²) in [7, 11) is 0. The molecule has 9 heteroatoms. The van der Waals surface area contributed by atoms with Crippen LogP contribution in [0.3, 0.4) is 0 Å². The van der Waals surface area contributed by atoms with Gasteiger partial charge in [-0.25, -0.2) is 0 Å². The smallest absolute Gasteiger partial charge is 0.319 e. The summed E-state index contributed by atoms with van der Waals surface area (Å²) in [5.41, 5.74) is 1.42. The van der Waals surface area contributed by atoms with Crippen LogP contribution in [0.25, 0.3) is 0 Å². The predicted octanol–water partition coefficient (Wildman–Crippen LogP) is 1.11. The Bertz CT molecular complexity index is 803. The van der Waals surface area contributed by atoms with Gasteiger partial charge in [-0.05, 0) is 58.0 Å². The molecule has 0 bridgehead atoms. The lowest BCUT2D eigenvalue weighted by molar-refractivity contribution is -0.142. The van der Waals surface area contributed by atoms with E-state index in [-0.39, 0.29) is 24.3 Å². The van der Waals surface area contributed by atoms with Crippen molar-refractivity contribution in [3.05, 3.63) is 23.3 Å². The van der Waals surface area contributed by atoms with Gasteiger partial charge in [-0.2, -0.15) is 0 Å². The average Bonchev–Trinajstić information content (AvgIpc) is 3.05. The highest BCUT2D eigenvalue weighted by Crippen LogP contribution is 2.36. The van der Waals surface area contributed by atoms with Gasteiger partial charge >= 0.3 is 5.97 Å². The lowest BCUT2D eigenvalue weighted by Gasteiger charge is -2.36. The van der Waals surface area contributed by atoms with E-state index in [9.17, 15) is 14.7 Å². The number of rotatable bonds is 10. The zero-order valence-corrected chi connectivity index (χ0v) is 19.7. The first kappa shape index (κ1) is 25.3. The van der Waals surface area contributed by atoms with E-state index in [0.29, 0.717) is 50.0 Å². The third kappa shape index (κ3) is 7.31. The highest BCUT2D eigenvalue weighted by molar-refractivity contribution is 5.98. The van der Waals surface area contributed by atoms with Crippen molar-refractivity contribution in [2.24, 2.45) is 5.92 Å². The van der Waals surface area contributed by atoms with Crippen molar-refractivity contribution in [3.63, 3.8) is 0 Å². The number of hydrogen-bond acceptors (Lipinski definition) is 8. The molecule has 0 aromatic heterocycles. The summed E-state index contributed by atoms with van der Waals surface area (Å²) in [5.74, 6) is 0.714. The molecule has 2 aliphatic heterocycles. The van der Waals surface area contributed by atoms with Crippen LogP contribution in [0.2, 0.25) is 0 Å². The molecule has 1 amide bonds. The fraction of sp³-hybridized carbons (Fsp3) is 0.667. The first-order valence-electron chi connectivity index (χ1n) is 11.9. The van der Waals surface area contributed by atoms with Crippen molar-refractivity contribution < 1.29 is 28.9 Å². The average molecular weight is 464 g/mol. The SMILES string of the molecule is CCOC(=O)CNCCCN1CC[C@@H](CNC(=O)c2ccc(C)c3c2OCCCO3)[C@H](O)C1.